The highest BCUT2D eigenvalue weighted by atomic mass is 35.5. The number of nitrogens with one attached hydrogen (secondary N) is 1. The molecule has 3 heterocycles. The molecule has 3 aromatic rings. The fourth-order valence-electron chi connectivity index (χ4n) is 3.04. The summed E-state index contributed by atoms with van der Waals surface area (Å²) in [6.07, 6.45) is 3.12. The van der Waals surface area contributed by atoms with E-state index in [2.05, 4.69) is 25.7 Å². The zero-order valence-corrected chi connectivity index (χ0v) is 16.8. The summed E-state index contributed by atoms with van der Waals surface area (Å²) in [5, 5.41) is 16.1. The van der Waals surface area contributed by atoms with E-state index in [9.17, 15) is 4.79 Å². The molecule has 150 valence electrons. The van der Waals surface area contributed by atoms with Gasteiger partial charge in [0.1, 0.15) is 6.33 Å². The number of carbonyl (C=O) groups is 1. The third-order valence-corrected chi connectivity index (χ3v) is 4.82. The Bertz CT molecular complexity index is 1050. The molecule has 1 aromatic carbocycles. The molecule has 4 rings (SSSR count). The lowest BCUT2D eigenvalue weighted by Gasteiger charge is -2.06. The van der Waals surface area contributed by atoms with Gasteiger partial charge in [0.25, 0.3) is 5.91 Å². The first-order valence-corrected chi connectivity index (χ1v) is 9.61. The SMILES string of the molecule is CCn1cc(C2=NOC(C(=O)Nc3ncn(Cc4ccc(Cl)cc4)n3)C2)c(C)n1. The normalized spacial score (nSPS) is 15.8. The summed E-state index contributed by atoms with van der Waals surface area (Å²) in [5.41, 5.74) is 3.49. The summed E-state index contributed by atoms with van der Waals surface area (Å²) in [6.45, 7) is 5.21. The van der Waals surface area contributed by atoms with Gasteiger partial charge in [-0.3, -0.25) is 14.8 Å². The number of hydrogen-bond acceptors (Lipinski definition) is 6. The Morgan fingerprint density at radius 3 is 2.79 bits per heavy atom. The van der Waals surface area contributed by atoms with E-state index in [4.69, 9.17) is 16.4 Å². The first-order valence-electron chi connectivity index (χ1n) is 9.23. The Morgan fingerprint density at radius 1 is 1.28 bits per heavy atom. The Kier molecular flexibility index (Phi) is 5.30. The molecule has 1 atom stereocenters. The van der Waals surface area contributed by atoms with Crippen LogP contribution >= 0.6 is 11.6 Å². The quantitative estimate of drug-likeness (QED) is 0.669. The van der Waals surface area contributed by atoms with Crippen molar-refractivity contribution in [3.8, 4) is 0 Å². The second kappa shape index (κ2) is 8.04. The number of aromatic nitrogens is 5. The van der Waals surface area contributed by atoms with Gasteiger partial charge in [-0.25, -0.2) is 9.67 Å². The summed E-state index contributed by atoms with van der Waals surface area (Å²) in [7, 11) is 0. The second-order valence-corrected chi connectivity index (χ2v) is 7.14. The lowest BCUT2D eigenvalue weighted by Crippen LogP contribution is -2.28. The Balaban J connectivity index is 1.35. The number of rotatable bonds is 6. The first-order chi connectivity index (χ1) is 14.0. The predicted octanol–water partition coefficient (Wildman–Crippen LogP) is 2.64. The maximum absolute atomic E-state index is 12.5. The van der Waals surface area contributed by atoms with Crippen LogP contribution < -0.4 is 5.32 Å². The van der Waals surface area contributed by atoms with Crippen molar-refractivity contribution in [2.45, 2.75) is 39.5 Å². The van der Waals surface area contributed by atoms with Crippen molar-refractivity contribution in [1.82, 2.24) is 24.5 Å². The molecule has 9 nitrogen and oxygen atoms in total. The van der Waals surface area contributed by atoms with Crippen molar-refractivity contribution < 1.29 is 9.63 Å². The fourth-order valence-corrected chi connectivity index (χ4v) is 3.16. The molecule has 0 bridgehead atoms. The number of benzene rings is 1. The van der Waals surface area contributed by atoms with Crippen molar-refractivity contribution in [2.24, 2.45) is 5.16 Å². The van der Waals surface area contributed by atoms with Gasteiger partial charge in [-0.2, -0.15) is 5.10 Å². The minimum absolute atomic E-state index is 0.219. The van der Waals surface area contributed by atoms with Crippen LogP contribution in [0, 0.1) is 6.92 Å². The van der Waals surface area contributed by atoms with E-state index in [1.54, 1.807) is 11.0 Å². The number of aryl methyl sites for hydroxylation is 2. The number of anilines is 1. The third-order valence-electron chi connectivity index (χ3n) is 4.57. The topological polar surface area (TPSA) is 99.2 Å². The molecule has 29 heavy (non-hydrogen) atoms. The maximum atomic E-state index is 12.5. The molecule has 0 aliphatic carbocycles. The lowest BCUT2D eigenvalue weighted by atomic mass is 10.1. The van der Waals surface area contributed by atoms with Crippen LogP contribution in [0.25, 0.3) is 0 Å². The summed E-state index contributed by atoms with van der Waals surface area (Å²) in [5.74, 6) is -0.121. The van der Waals surface area contributed by atoms with Crippen LogP contribution in [-0.4, -0.2) is 42.3 Å². The highest BCUT2D eigenvalue weighted by Gasteiger charge is 2.31. The lowest BCUT2D eigenvalue weighted by molar-refractivity contribution is -0.125. The van der Waals surface area contributed by atoms with Crippen molar-refractivity contribution in [3.05, 3.63) is 58.6 Å². The van der Waals surface area contributed by atoms with Crippen molar-refractivity contribution in [1.29, 1.82) is 0 Å². The number of oxime groups is 1. The Hall–Kier alpha value is -3.20. The molecule has 0 fully saturated rings. The highest BCUT2D eigenvalue weighted by Crippen LogP contribution is 2.20. The van der Waals surface area contributed by atoms with Gasteiger partial charge in [0.2, 0.25) is 12.1 Å². The molecule has 2 aromatic heterocycles. The molecule has 1 aliphatic heterocycles. The molecule has 0 saturated carbocycles. The third kappa shape index (κ3) is 4.29. The van der Waals surface area contributed by atoms with Crippen LogP contribution in [0.2, 0.25) is 5.02 Å². The van der Waals surface area contributed by atoms with Crippen LogP contribution in [0.15, 0.2) is 41.9 Å². The van der Waals surface area contributed by atoms with Crippen molar-refractivity contribution in [3.63, 3.8) is 0 Å². The van der Waals surface area contributed by atoms with Crippen LogP contribution in [-0.2, 0) is 22.7 Å². The molecule has 0 radical (unpaired) electrons. The summed E-state index contributed by atoms with van der Waals surface area (Å²) in [4.78, 5) is 22.0. The number of nitrogens with zero attached hydrogens (tertiary/aromatic N) is 6. The molecular weight excluding hydrogens is 394 g/mol. The van der Waals surface area contributed by atoms with Gasteiger partial charge in [-0.05, 0) is 31.5 Å². The number of halogens is 1. The van der Waals surface area contributed by atoms with E-state index in [-0.39, 0.29) is 11.9 Å². The molecular formula is C19H20ClN7O2. The van der Waals surface area contributed by atoms with E-state index in [0.29, 0.717) is 23.7 Å². The zero-order chi connectivity index (χ0) is 20.4. The van der Waals surface area contributed by atoms with E-state index >= 15 is 0 Å². The summed E-state index contributed by atoms with van der Waals surface area (Å²) >= 11 is 5.90. The molecule has 1 amide bonds. The number of amides is 1. The second-order valence-electron chi connectivity index (χ2n) is 6.70. The number of hydrogen-bond donors (Lipinski definition) is 1. The van der Waals surface area contributed by atoms with Gasteiger partial charge in [0.05, 0.1) is 18.0 Å². The van der Waals surface area contributed by atoms with Gasteiger partial charge in [-0.1, -0.05) is 28.9 Å². The van der Waals surface area contributed by atoms with E-state index in [1.165, 1.54) is 0 Å². The van der Waals surface area contributed by atoms with E-state index in [1.807, 2.05) is 49.0 Å². The average Bonchev–Trinajstić information content (AvgIpc) is 3.43. The van der Waals surface area contributed by atoms with Crippen molar-refractivity contribution >= 4 is 29.2 Å². The molecule has 1 unspecified atom stereocenters. The Labute approximate surface area is 172 Å². The van der Waals surface area contributed by atoms with Gasteiger partial charge in [0, 0.05) is 29.7 Å². The van der Waals surface area contributed by atoms with E-state index in [0.717, 1.165) is 23.4 Å². The van der Waals surface area contributed by atoms with Gasteiger partial charge in [-0.15, -0.1) is 5.10 Å². The van der Waals surface area contributed by atoms with Gasteiger partial charge >= 0.3 is 0 Å². The van der Waals surface area contributed by atoms with Crippen LogP contribution in [0.1, 0.15) is 30.2 Å². The maximum Gasteiger partial charge on any atom is 0.271 e. The van der Waals surface area contributed by atoms with Crippen LogP contribution in [0.3, 0.4) is 0 Å². The monoisotopic (exact) mass is 413 g/mol. The molecule has 1 aliphatic rings. The first kappa shape index (κ1) is 19.1. The van der Waals surface area contributed by atoms with Crippen molar-refractivity contribution in [2.75, 3.05) is 5.32 Å². The molecule has 0 saturated heterocycles. The number of carbonyl (C=O) groups excluding carboxylic acids is 1. The molecule has 0 spiro atoms. The van der Waals surface area contributed by atoms with Gasteiger partial charge < -0.3 is 4.84 Å². The molecule has 10 heteroatoms. The van der Waals surface area contributed by atoms with Gasteiger partial charge in [0.15, 0.2) is 0 Å². The standard InChI is InChI=1S/C19H20ClN7O2/c1-3-26-10-15(12(2)23-26)16-8-17(29-25-16)18(28)22-19-21-11-27(24-19)9-13-4-6-14(20)7-5-13/h4-7,10-11,17H,3,8-9H2,1-2H3,(H,22,24,28). The Morgan fingerprint density at radius 2 is 2.07 bits per heavy atom. The summed E-state index contributed by atoms with van der Waals surface area (Å²) in [6, 6.07) is 7.46. The van der Waals surface area contributed by atoms with E-state index < -0.39 is 6.10 Å². The molecule has 1 N–H and O–H groups in total. The van der Waals surface area contributed by atoms with Crippen LogP contribution in [0.4, 0.5) is 5.95 Å². The smallest absolute Gasteiger partial charge is 0.271 e. The largest absolute Gasteiger partial charge is 0.382 e. The zero-order valence-electron chi connectivity index (χ0n) is 16.0. The fraction of sp³-hybridized carbons (Fsp3) is 0.316. The summed E-state index contributed by atoms with van der Waals surface area (Å²) < 4.78 is 3.47. The highest BCUT2D eigenvalue weighted by molar-refractivity contribution is 6.30. The minimum atomic E-state index is -0.724. The minimum Gasteiger partial charge on any atom is -0.382 e. The van der Waals surface area contributed by atoms with Crippen LogP contribution in [0.5, 0.6) is 0 Å². The predicted molar refractivity (Wildman–Crippen MR) is 108 cm³/mol. The average molecular weight is 414 g/mol.